The third kappa shape index (κ3) is 4.97. The summed E-state index contributed by atoms with van der Waals surface area (Å²) in [7, 11) is 2.06. The predicted octanol–water partition coefficient (Wildman–Crippen LogP) is 2.03. The van der Waals surface area contributed by atoms with Crippen molar-refractivity contribution in [3.05, 3.63) is 59.7 Å². The van der Waals surface area contributed by atoms with Gasteiger partial charge >= 0.3 is 0 Å². The van der Waals surface area contributed by atoms with E-state index in [9.17, 15) is 15.0 Å². The zero-order chi connectivity index (χ0) is 19.1. The van der Waals surface area contributed by atoms with Crippen LogP contribution in [0.25, 0.3) is 0 Å². The molecule has 2 aromatic rings. The Hall–Kier alpha value is -2.57. The maximum atomic E-state index is 11.3. The number of benzene rings is 2. The van der Waals surface area contributed by atoms with Crippen molar-refractivity contribution in [2.45, 2.75) is 25.5 Å². The zero-order valence-corrected chi connectivity index (χ0v) is 15.2. The summed E-state index contributed by atoms with van der Waals surface area (Å²) in [5.41, 5.74) is 6.92. The van der Waals surface area contributed by atoms with Gasteiger partial charge in [-0.25, -0.2) is 0 Å². The van der Waals surface area contributed by atoms with Crippen LogP contribution in [0.4, 0.5) is 5.69 Å². The SMILES string of the molecule is CCC(CNCC(O)c1ccc(O)c(C(N)=O)c1)N(C)c1ccccc1. The molecule has 0 saturated heterocycles. The number of aliphatic hydroxyl groups excluding tert-OH is 1. The first-order valence-corrected chi connectivity index (χ1v) is 8.73. The van der Waals surface area contributed by atoms with Gasteiger partial charge in [0.05, 0.1) is 11.7 Å². The molecule has 0 aliphatic carbocycles. The van der Waals surface area contributed by atoms with Gasteiger partial charge in [-0.1, -0.05) is 31.2 Å². The summed E-state index contributed by atoms with van der Waals surface area (Å²) in [5.74, 6) is -0.906. The van der Waals surface area contributed by atoms with Gasteiger partial charge in [0.15, 0.2) is 0 Å². The number of nitrogens with one attached hydrogen (secondary N) is 1. The van der Waals surface area contributed by atoms with Crippen LogP contribution in [0.5, 0.6) is 5.75 Å². The minimum atomic E-state index is -0.798. The molecule has 2 rings (SSSR count). The number of likely N-dealkylation sites (N-methyl/N-ethyl adjacent to an activating group) is 1. The molecule has 2 atom stereocenters. The second-order valence-corrected chi connectivity index (χ2v) is 6.32. The molecule has 6 nitrogen and oxygen atoms in total. The Bertz CT molecular complexity index is 721. The monoisotopic (exact) mass is 357 g/mol. The molecule has 0 saturated carbocycles. The molecular weight excluding hydrogens is 330 g/mol. The van der Waals surface area contributed by atoms with E-state index in [-0.39, 0.29) is 17.4 Å². The van der Waals surface area contributed by atoms with E-state index < -0.39 is 12.0 Å². The van der Waals surface area contributed by atoms with Crippen LogP contribution >= 0.6 is 0 Å². The summed E-state index contributed by atoms with van der Waals surface area (Å²) in [6, 6.07) is 14.8. The number of carbonyl (C=O) groups excluding carboxylic acids is 1. The number of rotatable bonds is 9. The normalized spacial score (nSPS) is 13.2. The fraction of sp³-hybridized carbons (Fsp3) is 0.350. The van der Waals surface area contributed by atoms with Crippen LogP contribution in [0.3, 0.4) is 0 Å². The Labute approximate surface area is 154 Å². The number of aliphatic hydroxyl groups is 1. The van der Waals surface area contributed by atoms with Crippen molar-refractivity contribution in [1.82, 2.24) is 5.32 Å². The number of anilines is 1. The van der Waals surface area contributed by atoms with E-state index in [1.165, 1.54) is 12.1 Å². The molecule has 0 spiro atoms. The second kappa shape index (κ2) is 9.22. The molecule has 6 heteroatoms. The van der Waals surface area contributed by atoms with Gasteiger partial charge in [-0.2, -0.15) is 0 Å². The molecule has 140 valence electrons. The van der Waals surface area contributed by atoms with Gasteiger partial charge in [0.2, 0.25) is 0 Å². The lowest BCUT2D eigenvalue weighted by atomic mass is 10.0. The summed E-state index contributed by atoms with van der Waals surface area (Å²) < 4.78 is 0. The van der Waals surface area contributed by atoms with Crippen molar-refractivity contribution >= 4 is 11.6 Å². The number of hydrogen-bond acceptors (Lipinski definition) is 5. The summed E-state index contributed by atoms with van der Waals surface area (Å²) in [5, 5.41) is 23.3. The van der Waals surface area contributed by atoms with E-state index in [0.717, 1.165) is 12.1 Å². The lowest BCUT2D eigenvalue weighted by molar-refractivity contribution is 0.0997. The topological polar surface area (TPSA) is 98.8 Å². The zero-order valence-electron chi connectivity index (χ0n) is 15.2. The molecule has 2 aromatic carbocycles. The fourth-order valence-electron chi connectivity index (χ4n) is 2.89. The van der Waals surface area contributed by atoms with Crippen LogP contribution in [-0.4, -0.2) is 42.3 Å². The largest absolute Gasteiger partial charge is 0.507 e. The van der Waals surface area contributed by atoms with Gasteiger partial charge in [-0.15, -0.1) is 0 Å². The highest BCUT2D eigenvalue weighted by atomic mass is 16.3. The minimum absolute atomic E-state index is 0.0109. The summed E-state index contributed by atoms with van der Waals surface area (Å²) >= 11 is 0. The molecule has 0 aromatic heterocycles. The standard InChI is InChI=1S/C20H27N3O3/c1-3-15(23(2)16-7-5-4-6-8-16)12-22-13-19(25)14-9-10-18(24)17(11-14)20(21)26/h4-11,15,19,22,24-25H,3,12-13H2,1-2H3,(H2,21,26). The maximum Gasteiger partial charge on any atom is 0.252 e. The molecule has 0 heterocycles. The van der Waals surface area contributed by atoms with E-state index >= 15 is 0 Å². The molecule has 5 N–H and O–H groups in total. The Morgan fingerprint density at radius 2 is 1.88 bits per heavy atom. The number of amides is 1. The van der Waals surface area contributed by atoms with Gasteiger partial charge in [0.1, 0.15) is 5.75 Å². The Morgan fingerprint density at radius 1 is 1.19 bits per heavy atom. The molecule has 26 heavy (non-hydrogen) atoms. The van der Waals surface area contributed by atoms with E-state index in [1.807, 2.05) is 18.2 Å². The molecular formula is C20H27N3O3. The average Bonchev–Trinajstić information content (AvgIpc) is 2.65. The lowest BCUT2D eigenvalue weighted by Crippen LogP contribution is -2.40. The summed E-state index contributed by atoms with van der Waals surface area (Å²) in [6.45, 7) is 3.17. The van der Waals surface area contributed by atoms with E-state index in [2.05, 4.69) is 36.3 Å². The molecule has 0 radical (unpaired) electrons. The Morgan fingerprint density at radius 3 is 2.50 bits per heavy atom. The molecule has 0 aliphatic rings. The highest BCUT2D eigenvalue weighted by Gasteiger charge is 2.16. The van der Waals surface area contributed by atoms with Crippen molar-refractivity contribution < 1.29 is 15.0 Å². The molecule has 2 unspecified atom stereocenters. The number of para-hydroxylation sites is 1. The number of carbonyl (C=O) groups is 1. The predicted molar refractivity (Wildman–Crippen MR) is 103 cm³/mol. The average molecular weight is 357 g/mol. The number of phenols is 1. The van der Waals surface area contributed by atoms with E-state index in [1.54, 1.807) is 6.07 Å². The number of hydrogen-bond donors (Lipinski definition) is 4. The van der Waals surface area contributed by atoms with Gasteiger partial charge in [0, 0.05) is 31.9 Å². The fourth-order valence-corrected chi connectivity index (χ4v) is 2.89. The van der Waals surface area contributed by atoms with Crippen molar-refractivity contribution in [3.8, 4) is 5.75 Å². The smallest absolute Gasteiger partial charge is 0.252 e. The molecule has 1 amide bonds. The number of nitrogens with zero attached hydrogens (tertiary/aromatic N) is 1. The van der Waals surface area contributed by atoms with E-state index in [0.29, 0.717) is 18.7 Å². The minimum Gasteiger partial charge on any atom is -0.507 e. The lowest BCUT2D eigenvalue weighted by Gasteiger charge is -2.30. The quantitative estimate of drug-likeness (QED) is 0.550. The van der Waals surface area contributed by atoms with Crippen LogP contribution < -0.4 is 16.0 Å². The first-order valence-electron chi connectivity index (χ1n) is 8.73. The van der Waals surface area contributed by atoms with Gasteiger partial charge < -0.3 is 26.2 Å². The van der Waals surface area contributed by atoms with Crippen LogP contribution in [0.2, 0.25) is 0 Å². The summed E-state index contributed by atoms with van der Waals surface area (Å²) in [4.78, 5) is 13.5. The van der Waals surface area contributed by atoms with Crippen molar-refractivity contribution in [3.63, 3.8) is 0 Å². The summed E-state index contributed by atoms with van der Waals surface area (Å²) in [6.07, 6.45) is 0.160. The van der Waals surface area contributed by atoms with Gasteiger partial charge in [0.25, 0.3) is 5.91 Å². The third-order valence-corrected chi connectivity index (χ3v) is 4.57. The van der Waals surface area contributed by atoms with E-state index in [4.69, 9.17) is 5.73 Å². The number of aromatic hydroxyl groups is 1. The van der Waals surface area contributed by atoms with Crippen LogP contribution in [0, 0.1) is 0 Å². The Kier molecular flexibility index (Phi) is 7.00. The van der Waals surface area contributed by atoms with Gasteiger partial charge in [-0.3, -0.25) is 4.79 Å². The third-order valence-electron chi connectivity index (χ3n) is 4.57. The van der Waals surface area contributed by atoms with Crippen LogP contribution in [-0.2, 0) is 0 Å². The maximum absolute atomic E-state index is 11.3. The second-order valence-electron chi connectivity index (χ2n) is 6.32. The molecule has 0 aliphatic heterocycles. The molecule has 0 bridgehead atoms. The first kappa shape index (κ1) is 19.8. The van der Waals surface area contributed by atoms with Crippen molar-refractivity contribution in [2.24, 2.45) is 5.73 Å². The van der Waals surface area contributed by atoms with Crippen LogP contribution in [0.15, 0.2) is 48.5 Å². The molecule has 0 fully saturated rings. The first-order chi connectivity index (χ1) is 12.4. The Balaban J connectivity index is 1.93. The number of nitrogens with two attached hydrogens (primary N) is 1. The van der Waals surface area contributed by atoms with Crippen LogP contribution in [0.1, 0.15) is 35.4 Å². The van der Waals surface area contributed by atoms with Crippen molar-refractivity contribution in [1.29, 1.82) is 0 Å². The highest BCUT2D eigenvalue weighted by Crippen LogP contribution is 2.22. The van der Waals surface area contributed by atoms with Gasteiger partial charge in [-0.05, 0) is 36.2 Å². The number of primary amides is 1. The van der Waals surface area contributed by atoms with Crippen molar-refractivity contribution in [2.75, 3.05) is 25.0 Å². The highest BCUT2D eigenvalue weighted by molar-refractivity contribution is 5.95.